The van der Waals surface area contributed by atoms with Gasteiger partial charge in [-0.1, -0.05) is 36.4 Å². The van der Waals surface area contributed by atoms with E-state index in [9.17, 15) is 15.0 Å². The van der Waals surface area contributed by atoms with Crippen LogP contribution in [0.5, 0.6) is 6.01 Å². The van der Waals surface area contributed by atoms with Crippen molar-refractivity contribution in [3.63, 3.8) is 0 Å². The number of fused-ring (bicyclic) bond motifs is 1. The first kappa shape index (κ1) is 24.8. The summed E-state index contributed by atoms with van der Waals surface area (Å²) in [5.74, 6) is -1.77. The normalized spacial score (nSPS) is 19.6. The van der Waals surface area contributed by atoms with E-state index in [1.54, 1.807) is 55.6 Å². The molecule has 0 saturated carbocycles. The fraction of sp³-hybridized carbons (Fsp3) is 0.259. The summed E-state index contributed by atoms with van der Waals surface area (Å²) in [6.07, 6.45) is -1.96. The maximum Gasteiger partial charge on any atom is 0.295 e. The van der Waals surface area contributed by atoms with Gasteiger partial charge in [0.1, 0.15) is 23.5 Å². The first-order valence-electron chi connectivity index (χ1n) is 11.8. The van der Waals surface area contributed by atoms with E-state index in [1.165, 1.54) is 0 Å². The van der Waals surface area contributed by atoms with Gasteiger partial charge in [0.15, 0.2) is 5.82 Å². The molecule has 3 aromatic carbocycles. The van der Waals surface area contributed by atoms with Crippen LogP contribution in [0.4, 0.5) is 8.78 Å². The maximum atomic E-state index is 15.4. The lowest BCUT2D eigenvalue weighted by atomic mass is 9.98. The molecule has 3 unspecified atom stereocenters. The molecule has 4 N–H and O–H groups in total. The highest BCUT2D eigenvalue weighted by molar-refractivity contribution is 5.94. The number of carbonyl (C=O) groups is 1. The summed E-state index contributed by atoms with van der Waals surface area (Å²) in [5, 5.41) is 21.8. The molecule has 5 rings (SSSR count). The van der Waals surface area contributed by atoms with Crippen molar-refractivity contribution in [3.05, 3.63) is 71.8 Å². The van der Waals surface area contributed by atoms with Gasteiger partial charge in [0.05, 0.1) is 30.4 Å². The Morgan fingerprint density at radius 1 is 1.14 bits per heavy atom. The van der Waals surface area contributed by atoms with E-state index >= 15 is 8.78 Å². The standard InChI is InChI=1S/C27H25F2N3O5/c1-30-26(35)17-8-4-15(5-9-17)14-2-6-16(7-3-14)23-19(28)11-20-25(24(23)29)32-27(31-20)37-18-10-21(34)22(12-33)36-13-18/h2-9,11,18,21-22,33-34H,10,12-13H2,1H3,(H,30,35)(H,31,32). The van der Waals surface area contributed by atoms with Crippen LogP contribution in [0.15, 0.2) is 54.6 Å². The van der Waals surface area contributed by atoms with Crippen LogP contribution >= 0.6 is 0 Å². The summed E-state index contributed by atoms with van der Waals surface area (Å²) in [6, 6.07) is 14.9. The molecule has 4 aromatic rings. The summed E-state index contributed by atoms with van der Waals surface area (Å²) in [5.41, 5.74) is 2.39. The Morgan fingerprint density at radius 2 is 1.78 bits per heavy atom. The number of aliphatic hydroxyl groups is 2. The number of ether oxygens (including phenoxy) is 2. The van der Waals surface area contributed by atoms with Gasteiger partial charge in [-0.05, 0) is 28.8 Å². The molecule has 1 saturated heterocycles. The Labute approximate surface area is 210 Å². The number of benzene rings is 3. The van der Waals surface area contributed by atoms with Crippen molar-refractivity contribution in [1.29, 1.82) is 0 Å². The third kappa shape index (κ3) is 4.91. The third-order valence-corrected chi connectivity index (χ3v) is 6.42. The zero-order chi connectivity index (χ0) is 26.1. The average molecular weight is 510 g/mol. The highest BCUT2D eigenvalue weighted by atomic mass is 19.1. The second-order valence-corrected chi connectivity index (χ2v) is 8.82. The van der Waals surface area contributed by atoms with Crippen molar-refractivity contribution in [1.82, 2.24) is 15.3 Å². The van der Waals surface area contributed by atoms with Gasteiger partial charge in [-0.3, -0.25) is 4.79 Å². The highest BCUT2D eigenvalue weighted by Crippen LogP contribution is 2.33. The zero-order valence-electron chi connectivity index (χ0n) is 19.9. The highest BCUT2D eigenvalue weighted by Gasteiger charge is 2.31. The number of H-pyrrole nitrogens is 1. The van der Waals surface area contributed by atoms with Crippen LogP contribution in [0.25, 0.3) is 33.3 Å². The van der Waals surface area contributed by atoms with E-state index in [0.29, 0.717) is 11.1 Å². The molecule has 2 heterocycles. The topological polar surface area (TPSA) is 117 Å². The van der Waals surface area contributed by atoms with Crippen molar-refractivity contribution < 1.29 is 33.3 Å². The average Bonchev–Trinajstić information content (AvgIpc) is 3.31. The van der Waals surface area contributed by atoms with Crippen LogP contribution in [-0.2, 0) is 4.74 Å². The lowest BCUT2D eigenvalue weighted by molar-refractivity contribution is -0.131. The molecule has 192 valence electrons. The molecule has 0 radical (unpaired) electrons. The largest absolute Gasteiger partial charge is 0.459 e. The van der Waals surface area contributed by atoms with Crippen molar-refractivity contribution in [3.8, 4) is 28.3 Å². The number of aromatic nitrogens is 2. The molecule has 10 heteroatoms. The molecular formula is C27H25F2N3O5. The van der Waals surface area contributed by atoms with Gasteiger partial charge >= 0.3 is 0 Å². The number of nitrogens with one attached hydrogen (secondary N) is 2. The molecule has 1 aliphatic rings. The van der Waals surface area contributed by atoms with Gasteiger partial charge < -0.3 is 30.0 Å². The number of hydrogen-bond acceptors (Lipinski definition) is 6. The molecule has 1 aromatic heterocycles. The van der Waals surface area contributed by atoms with Gasteiger partial charge in [0.25, 0.3) is 11.9 Å². The lowest BCUT2D eigenvalue weighted by Gasteiger charge is -2.31. The van der Waals surface area contributed by atoms with E-state index in [-0.39, 0.29) is 48.1 Å². The predicted molar refractivity (Wildman–Crippen MR) is 132 cm³/mol. The van der Waals surface area contributed by atoms with Gasteiger partial charge in [0.2, 0.25) is 0 Å². The Kier molecular flexibility index (Phi) is 6.88. The molecule has 0 bridgehead atoms. The van der Waals surface area contributed by atoms with Gasteiger partial charge in [-0.25, -0.2) is 8.78 Å². The Bertz CT molecular complexity index is 1420. The summed E-state index contributed by atoms with van der Waals surface area (Å²) < 4.78 is 41.5. The summed E-state index contributed by atoms with van der Waals surface area (Å²) in [4.78, 5) is 18.7. The van der Waals surface area contributed by atoms with Gasteiger partial charge in [0, 0.05) is 25.1 Å². The van der Waals surface area contributed by atoms with Crippen LogP contribution in [0.3, 0.4) is 0 Å². The van der Waals surface area contributed by atoms with Crippen molar-refractivity contribution in [2.45, 2.75) is 24.7 Å². The smallest absolute Gasteiger partial charge is 0.295 e. The second-order valence-electron chi connectivity index (χ2n) is 8.82. The number of aromatic amines is 1. The van der Waals surface area contributed by atoms with Gasteiger partial charge in [-0.2, -0.15) is 4.98 Å². The summed E-state index contributed by atoms with van der Waals surface area (Å²) >= 11 is 0. The van der Waals surface area contributed by atoms with Crippen molar-refractivity contribution in [2.24, 2.45) is 0 Å². The molecule has 1 fully saturated rings. The zero-order valence-corrected chi connectivity index (χ0v) is 19.9. The first-order valence-corrected chi connectivity index (χ1v) is 11.8. The Hall–Kier alpha value is -3.86. The molecule has 8 nitrogen and oxygen atoms in total. The molecule has 37 heavy (non-hydrogen) atoms. The van der Waals surface area contributed by atoms with Crippen LogP contribution in [0.2, 0.25) is 0 Å². The van der Waals surface area contributed by atoms with E-state index in [2.05, 4.69) is 15.3 Å². The fourth-order valence-electron chi connectivity index (χ4n) is 4.41. The Morgan fingerprint density at radius 3 is 2.41 bits per heavy atom. The number of rotatable bonds is 6. The number of imidazole rings is 1. The molecule has 1 aliphatic heterocycles. The van der Waals surface area contributed by atoms with Crippen LogP contribution in [0, 0.1) is 11.6 Å². The predicted octanol–water partition coefficient (Wildman–Crippen LogP) is 3.42. The van der Waals surface area contributed by atoms with E-state index in [1.807, 2.05) is 0 Å². The monoisotopic (exact) mass is 509 g/mol. The number of carbonyl (C=O) groups excluding carboxylic acids is 1. The number of amides is 1. The minimum atomic E-state index is -0.911. The van der Waals surface area contributed by atoms with Crippen LogP contribution < -0.4 is 10.1 Å². The Balaban J connectivity index is 1.38. The molecule has 0 aliphatic carbocycles. The summed E-state index contributed by atoms with van der Waals surface area (Å²) in [7, 11) is 1.56. The van der Waals surface area contributed by atoms with E-state index in [0.717, 1.165) is 17.2 Å². The molecule has 3 atom stereocenters. The first-order chi connectivity index (χ1) is 17.9. The summed E-state index contributed by atoms with van der Waals surface area (Å²) in [6.45, 7) is -0.195. The lowest BCUT2D eigenvalue weighted by Crippen LogP contribution is -2.45. The van der Waals surface area contributed by atoms with E-state index < -0.39 is 29.9 Å². The second kappa shape index (κ2) is 10.3. The maximum absolute atomic E-state index is 15.4. The number of hydrogen-bond donors (Lipinski definition) is 4. The van der Waals surface area contributed by atoms with Crippen molar-refractivity contribution >= 4 is 16.9 Å². The number of aliphatic hydroxyl groups excluding tert-OH is 2. The minimum Gasteiger partial charge on any atom is -0.459 e. The quantitative estimate of drug-likeness (QED) is 0.317. The molecule has 1 amide bonds. The van der Waals surface area contributed by atoms with Crippen LogP contribution in [-0.4, -0.2) is 64.7 Å². The van der Waals surface area contributed by atoms with Crippen molar-refractivity contribution in [2.75, 3.05) is 20.3 Å². The minimum absolute atomic E-state index is 0.0238. The molecular weight excluding hydrogens is 484 g/mol. The van der Waals surface area contributed by atoms with Gasteiger partial charge in [-0.15, -0.1) is 0 Å². The van der Waals surface area contributed by atoms with E-state index in [4.69, 9.17) is 9.47 Å². The van der Waals surface area contributed by atoms with Crippen LogP contribution in [0.1, 0.15) is 16.8 Å². The third-order valence-electron chi connectivity index (χ3n) is 6.42. The molecule has 0 spiro atoms. The number of halogens is 2. The number of nitrogens with zero attached hydrogens (tertiary/aromatic N) is 1. The fourth-order valence-corrected chi connectivity index (χ4v) is 4.41. The SMILES string of the molecule is CNC(=O)c1ccc(-c2ccc(-c3c(F)cc4[nH]c(OC5COC(CO)C(O)C5)nc4c3F)cc2)cc1.